The summed E-state index contributed by atoms with van der Waals surface area (Å²) in [4.78, 5) is 17.0. The summed E-state index contributed by atoms with van der Waals surface area (Å²) in [5.41, 5.74) is 1.80. The monoisotopic (exact) mass is 347 g/mol. The predicted molar refractivity (Wildman–Crippen MR) is 103 cm³/mol. The Hall–Kier alpha value is -1.59. The van der Waals surface area contributed by atoms with E-state index in [-0.39, 0.29) is 23.5 Å². The zero-order chi connectivity index (χ0) is 18.6. The van der Waals surface area contributed by atoms with Crippen molar-refractivity contribution in [1.82, 2.24) is 10.2 Å². The van der Waals surface area contributed by atoms with E-state index in [1.807, 2.05) is 24.3 Å². The van der Waals surface area contributed by atoms with E-state index in [1.54, 1.807) is 0 Å². The van der Waals surface area contributed by atoms with Gasteiger partial charge in [0, 0.05) is 36.9 Å². The number of rotatable bonds is 6. The molecule has 0 bridgehead atoms. The fraction of sp³-hybridized carbons (Fsp3) is 0.650. The van der Waals surface area contributed by atoms with Crippen LogP contribution in [0.3, 0.4) is 0 Å². The van der Waals surface area contributed by atoms with Crippen molar-refractivity contribution in [1.29, 1.82) is 0 Å². The first kappa shape index (κ1) is 19.7. The van der Waals surface area contributed by atoms with Crippen molar-refractivity contribution in [3.63, 3.8) is 0 Å². The lowest BCUT2D eigenvalue weighted by molar-refractivity contribution is 0.0885. The highest BCUT2D eigenvalue weighted by Gasteiger charge is 2.28. The first-order valence-corrected chi connectivity index (χ1v) is 9.18. The normalized spacial score (nSPS) is 17.6. The molecule has 2 rings (SSSR count). The van der Waals surface area contributed by atoms with Crippen LogP contribution in [0.15, 0.2) is 24.3 Å². The number of amides is 1. The lowest BCUT2D eigenvalue weighted by Gasteiger charge is -2.35. The SMILES string of the molecule is CC(NC(=O)c1ccc(N2CCC(O)CC2)cc1)C(C)(C)CN(C)C. The van der Waals surface area contributed by atoms with Crippen molar-refractivity contribution >= 4 is 11.6 Å². The van der Waals surface area contributed by atoms with Gasteiger partial charge in [-0.05, 0) is 63.5 Å². The molecule has 1 heterocycles. The van der Waals surface area contributed by atoms with Crippen molar-refractivity contribution in [3.05, 3.63) is 29.8 Å². The van der Waals surface area contributed by atoms with Crippen LogP contribution in [-0.2, 0) is 0 Å². The average Bonchev–Trinajstić information content (AvgIpc) is 2.54. The van der Waals surface area contributed by atoms with Gasteiger partial charge in [-0.3, -0.25) is 4.79 Å². The average molecular weight is 348 g/mol. The molecular weight excluding hydrogens is 314 g/mol. The summed E-state index contributed by atoms with van der Waals surface area (Å²) in [6.45, 7) is 9.05. The van der Waals surface area contributed by atoms with Gasteiger partial charge in [0.15, 0.2) is 0 Å². The predicted octanol–water partition coefficient (Wildman–Crippen LogP) is 2.35. The third-order valence-corrected chi connectivity index (χ3v) is 5.20. The Bertz CT molecular complexity index is 561. The van der Waals surface area contributed by atoms with Crippen LogP contribution in [0.1, 0.15) is 44.0 Å². The molecule has 0 spiro atoms. The lowest BCUT2D eigenvalue weighted by Crippen LogP contribution is -2.47. The highest BCUT2D eigenvalue weighted by atomic mass is 16.3. The maximum absolute atomic E-state index is 12.5. The minimum absolute atomic E-state index is 0.00621. The quantitative estimate of drug-likeness (QED) is 0.829. The van der Waals surface area contributed by atoms with Crippen LogP contribution >= 0.6 is 0 Å². The number of nitrogens with one attached hydrogen (secondary N) is 1. The van der Waals surface area contributed by atoms with Gasteiger partial charge < -0.3 is 20.2 Å². The molecular formula is C20H33N3O2. The number of hydrogen-bond donors (Lipinski definition) is 2. The largest absolute Gasteiger partial charge is 0.393 e. The summed E-state index contributed by atoms with van der Waals surface area (Å²) in [7, 11) is 4.10. The van der Waals surface area contributed by atoms with Crippen molar-refractivity contribution in [2.45, 2.75) is 45.8 Å². The van der Waals surface area contributed by atoms with Crippen LogP contribution < -0.4 is 10.2 Å². The number of aliphatic hydroxyl groups is 1. The highest BCUT2D eigenvalue weighted by Crippen LogP contribution is 2.23. The van der Waals surface area contributed by atoms with Crippen LogP contribution in [0, 0.1) is 5.41 Å². The second-order valence-corrected chi connectivity index (χ2v) is 8.19. The van der Waals surface area contributed by atoms with Crippen LogP contribution in [0.25, 0.3) is 0 Å². The van der Waals surface area contributed by atoms with Crippen molar-refractivity contribution in [2.24, 2.45) is 5.41 Å². The van der Waals surface area contributed by atoms with Crippen LogP contribution in [0.5, 0.6) is 0 Å². The van der Waals surface area contributed by atoms with Crippen LogP contribution in [0.2, 0.25) is 0 Å². The number of carbonyl (C=O) groups excluding carboxylic acids is 1. The first-order valence-electron chi connectivity index (χ1n) is 9.18. The zero-order valence-electron chi connectivity index (χ0n) is 16.2. The Morgan fingerprint density at radius 3 is 2.36 bits per heavy atom. The second-order valence-electron chi connectivity index (χ2n) is 8.19. The van der Waals surface area contributed by atoms with Crippen molar-refractivity contribution < 1.29 is 9.90 Å². The van der Waals surface area contributed by atoms with E-state index in [9.17, 15) is 9.90 Å². The molecule has 0 saturated carbocycles. The summed E-state index contributed by atoms with van der Waals surface area (Å²) in [5.74, 6) is -0.0278. The Morgan fingerprint density at radius 2 is 1.84 bits per heavy atom. The molecule has 1 unspecified atom stereocenters. The molecule has 0 aliphatic carbocycles. The molecule has 1 aromatic carbocycles. The van der Waals surface area contributed by atoms with E-state index in [1.165, 1.54) is 0 Å². The molecule has 1 saturated heterocycles. The van der Waals surface area contributed by atoms with Gasteiger partial charge in [0.1, 0.15) is 0 Å². The number of piperidine rings is 1. The summed E-state index contributed by atoms with van der Waals surface area (Å²) >= 11 is 0. The molecule has 25 heavy (non-hydrogen) atoms. The van der Waals surface area contributed by atoms with Crippen molar-refractivity contribution in [3.8, 4) is 0 Å². The maximum Gasteiger partial charge on any atom is 0.251 e. The van der Waals surface area contributed by atoms with Crippen LogP contribution in [0.4, 0.5) is 5.69 Å². The summed E-state index contributed by atoms with van der Waals surface area (Å²) in [6.07, 6.45) is 1.44. The Balaban J connectivity index is 1.96. The second kappa shape index (κ2) is 8.19. The smallest absolute Gasteiger partial charge is 0.251 e. The van der Waals surface area contributed by atoms with Gasteiger partial charge in [0.2, 0.25) is 0 Å². The van der Waals surface area contributed by atoms with Gasteiger partial charge >= 0.3 is 0 Å². The zero-order valence-corrected chi connectivity index (χ0v) is 16.2. The molecule has 0 radical (unpaired) electrons. The summed E-state index contributed by atoms with van der Waals surface area (Å²) in [5, 5.41) is 12.7. The molecule has 1 amide bonds. The van der Waals surface area contributed by atoms with Gasteiger partial charge in [-0.1, -0.05) is 13.8 Å². The molecule has 1 aromatic rings. The molecule has 0 aromatic heterocycles. The molecule has 1 aliphatic rings. The van der Waals surface area contributed by atoms with Gasteiger partial charge in [-0.25, -0.2) is 0 Å². The van der Waals surface area contributed by atoms with E-state index in [0.29, 0.717) is 5.56 Å². The number of anilines is 1. The fourth-order valence-corrected chi connectivity index (χ4v) is 3.37. The van der Waals surface area contributed by atoms with E-state index < -0.39 is 0 Å². The van der Waals surface area contributed by atoms with E-state index in [4.69, 9.17) is 0 Å². The van der Waals surface area contributed by atoms with Gasteiger partial charge in [-0.15, -0.1) is 0 Å². The first-order chi connectivity index (χ1) is 11.7. The number of carbonyl (C=O) groups is 1. The molecule has 5 nitrogen and oxygen atoms in total. The lowest BCUT2D eigenvalue weighted by atomic mass is 9.84. The molecule has 1 atom stereocenters. The molecule has 1 fully saturated rings. The standard InChI is InChI=1S/C20H33N3O2/c1-15(20(2,3)14-22(4)5)21-19(25)16-6-8-17(9-7-16)23-12-10-18(24)11-13-23/h6-9,15,18,24H,10-14H2,1-5H3,(H,21,25). The van der Waals surface area contributed by atoms with E-state index >= 15 is 0 Å². The summed E-state index contributed by atoms with van der Waals surface area (Å²) in [6, 6.07) is 7.86. The number of hydrogen-bond acceptors (Lipinski definition) is 4. The Morgan fingerprint density at radius 1 is 1.28 bits per heavy atom. The molecule has 140 valence electrons. The van der Waals surface area contributed by atoms with Crippen molar-refractivity contribution in [2.75, 3.05) is 38.6 Å². The third-order valence-electron chi connectivity index (χ3n) is 5.20. The van der Waals surface area contributed by atoms with E-state index in [0.717, 1.165) is 38.2 Å². The maximum atomic E-state index is 12.5. The van der Waals surface area contributed by atoms with Gasteiger partial charge in [-0.2, -0.15) is 0 Å². The topological polar surface area (TPSA) is 55.8 Å². The summed E-state index contributed by atoms with van der Waals surface area (Å²) < 4.78 is 0. The minimum atomic E-state index is -0.173. The number of nitrogens with zero attached hydrogens (tertiary/aromatic N) is 2. The number of benzene rings is 1. The Kier molecular flexibility index (Phi) is 6.47. The molecule has 1 aliphatic heterocycles. The molecule has 5 heteroatoms. The third kappa shape index (κ3) is 5.44. The molecule has 2 N–H and O–H groups in total. The van der Waals surface area contributed by atoms with Gasteiger partial charge in [0.05, 0.1) is 6.10 Å². The number of aliphatic hydroxyl groups excluding tert-OH is 1. The Labute approximate surface area is 152 Å². The highest BCUT2D eigenvalue weighted by molar-refractivity contribution is 5.94. The van der Waals surface area contributed by atoms with Crippen LogP contribution in [-0.4, -0.2) is 61.8 Å². The fourth-order valence-electron chi connectivity index (χ4n) is 3.37. The minimum Gasteiger partial charge on any atom is -0.393 e. The van der Waals surface area contributed by atoms with E-state index in [2.05, 4.69) is 50.0 Å². The van der Waals surface area contributed by atoms with Gasteiger partial charge in [0.25, 0.3) is 5.91 Å².